The summed E-state index contributed by atoms with van der Waals surface area (Å²) in [7, 11) is 0. The summed E-state index contributed by atoms with van der Waals surface area (Å²) < 4.78 is 0. The zero-order chi connectivity index (χ0) is 43.4. The molecule has 0 N–H and O–H groups in total. The highest BCUT2D eigenvalue weighted by molar-refractivity contribution is 6.22. The predicted octanol–water partition coefficient (Wildman–Crippen LogP) is 15.3. The quantitative estimate of drug-likeness (QED) is 0.146. The molecular formula is C65H54. The lowest BCUT2D eigenvalue weighted by atomic mass is 9.60. The van der Waals surface area contributed by atoms with Gasteiger partial charge in [-0.15, -0.1) is 0 Å². The second kappa shape index (κ2) is 14.9. The van der Waals surface area contributed by atoms with E-state index < -0.39 is 0 Å². The number of rotatable bonds is 6. The molecule has 314 valence electrons. The molecule has 0 saturated heterocycles. The first-order valence-electron chi connectivity index (χ1n) is 24.2. The van der Waals surface area contributed by atoms with Gasteiger partial charge in [0.1, 0.15) is 0 Å². The zero-order valence-electron chi connectivity index (χ0n) is 37.6. The number of benzene rings is 8. The van der Waals surface area contributed by atoms with Gasteiger partial charge in [0.15, 0.2) is 0 Å². The molecule has 2 bridgehead atoms. The van der Waals surface area contributed by atoms with Crippen molar-refractivity contribution in [2.75, 3.05) is 0 Å². The minimum atomic E-state index is 0.224. The van der Waals surface area contributed by atoms with Crippen LogP contribution >= 0.6 is 0 Å². The summed E-state index contributed by atoms with van der Waals surface area (Å²) in [6.45, 7) is 7.66. The number of hydrogen-bond acceptors (Lipinski definition) is 0. The molecule has 13 rings (SSSR count). The molecule has 2 saturated carbocycles. The van der Waals surface area contributed by atoms with Gasteiger partial charge in [0.05, 0.1) is 0 Å². The van der Waals surface area contributed by atoms with Crippen LogP contribution in [0.2, 0.25) is 0 Å². The van der Waals surface area contributed by atoms with Crippen molar-refractivity contribution < 1.29 is 0 Å². The van der Waals surface area contributed by atoms with Gasteiger partial charge in [-0.3, -0.25) is 0 Å². The van der Waals surface area contributed by atoms with E-state index in [1.165, 1.54) is 106 Å². The van der Waals surface area contributed by atoms with Crippen molar-refractivity contribution in [1.29, 1.82) is 0 Å². The Morgan fingerprint density at radius 1 is 0.538 bits per heavy atom. The first-order chi connectivity index (χ1) is 32.0. The highest BCUT2D eigenvalue weighted by Gasteiger charge is 2.64. The van der Waals surface area contributed by atoms with Crippen molar-refractivity contribution in [3.8, 4) is 22.3 Å². The van der Waals surface area contributed by atoms with Crippen LogP contribution in [-0.2, 0) is 0 Å². The lowest BCUT2D eigenvalue weighted by Gasteiger charge is -2.43. The highest BCUT2D eigenvalue weighted by atomic mass is 14.7. The summed E-state index contributed by atoms with van der Waals surface area (Å²) in [6.07, 6.45) is 17.6. The van der Waals surface area contributed by atoms with Crippen molar-refractivity contribution in [1.82, 2.24) is 0 Å². The van der Waals surface area contributed by atoms with Gasteiger partial charge >= 0.3 is 0 Å². The monoisotopic (exact) mass is 834 g/mol. The molecule has 0 heteroatoms. The van der Waals surface area contributed by atoms with E-state index in [9.17, 15) is 0 Å². The third-order valence-electron chi connectivity index (χ3n) is 16.7. The Labute approximate surface area is 383 Å². The molecule has 0 radical (unpaired) electrons. The summed E-state index contributed by atoms with van der Waals surface area (Å²) in [5.41, 5.74) is 15.4. The lowest BCUT2D eigenvalue weighted by Crippen LogP contribution is -2.45. The summed E-state index contributed by atoms with van der Waals surface area (Å²) in [5, 5.41) is 10.6. The first kappa shape index (κ1) is 38.7. The molecule has 8 aromatic rings. The number of allylic oxidation sites excluding steroid dienone is 8. The van der Waals surface area contributed by atoms with E-state index in [1.54, 1.807) is 11.1 Å². The summed E-state index contributed by atoms with van der Waals surface area (Å²) in [4.78, 5) is 0. The summed E-state index contributed by atoms with van der Waals surface area (Å²) in [5.74, 6) is 3.33. The summed E-state index contributed by atoms with van der Waals surface area (Å²) in [6, 6.07) is 62.8. The normalized spacial score (nSPS) is 24.1. The van der Waals surface area contributed by atoms with Gasteiger partial charge in [0, 0.05) is 5.92 Å². The molecule has 8 aromatic carbocycles. The fourth-order valence-corrected chi connectivity index (χ4v) is 14.4. The maximum absolute atomic E-state index is 2.67. The third-order valence-corrected chi connectivity index (χ3v) is 16.7. The smallest absolute Gasteiger partial charge is 0.00618 e. The standard InChI is InChI=1S/C65H54/c1-40(2)63-55-36-37-65(63,3)64-59(44-22-8-5-9-23-44)56-38-45(32-34-53(56)58(62(55)64)43-20-6-4-7-21-43)46-33-35-54-57(39-46)61(50-31-17-25-42-19-11-13-27-48(42)50)52-29-15-14-28-51(52)60(54)49-30-16-24-41-18-10-12-26-47(41)49/h4-23,25-35,38-41,55,62-64H,24,36-37H2,1-3H3. The number of hydrogen-bond donors (Lipinski definition) is 0. The average Bonchev–Trinajstić information content (AvgIpc) is 3.84. The molecule has 2 fully saturated rings. The van der Waals surface area contributed by atoms with E-state index in [2.05, 4.69) is 221 Å². The third kappa shape index (κ3) is 5.75. The molecule has 6 unspecified atom stereocenters. The van der Waals surface area contributed by atoms with Gasteiger partial charge in [-0.2, -0.15) is 0 Å². The maximum Gasteiger partial charge on any atom is 0.00618 e. The Balaban J connectivity index is 1.13. The molecule has 0 aromatic heterocycles. The molecule has 5 aliphatic rings. The van der Waals surface area contributed by atoms with Crippen molar-refractivity contribution in [2.24, 2.45) is 40.9 Å². The van der Waals surface area contributed by atoms with E-state index in [4.69, 9.17) is 0 Å². The van der Waals surface area contributed by atoms with Gasteiger partial charge in [-0.25, -0.2) is 0 Å². The Bertz CT molecular complexity index is 3510. The molecule has 0 aliphatic heterocycles. The highest BCUT2D eigenvalue weighted by Crippen LogP contribution is 2.71. The van der Waals surface area contributed by atoms with Crippen LogP contribution in [0.1, 0.15) is 56.7 Å². The van der Waals surface area contributed by atoms with E-state index in [0.717, 1.165) is 6.42 Å². The van der Waals surface area contributed by atoms with Gasteiger partial charge in [0.2, 0.25) is 0 Å². The zero-order valence-corrected chi connectivity index (χ0v) is 37.6. The number of fused-ring (bicyclic) bond motifs is 10. The lowest BCUT2D eigenvalue weighted by molar-refractivity contribution is 0.162. The van der Waals surface area contributed by atoms with Crippen LogP contribution in [0.5, 0.6) is 0 Å². The van der Waals surface area contributed by atoms with Crippen LogP contribution in [0.25, 0.3) is 71.3 Å². The van der Waals surface area contributed by atoms with Crippen molar-refractivity contribution in [3.63, 3.8) is 0 Å². The predicted molar refractivity (Wildman–Crippen MR) is 276 cm³/mol. The second-order valence-corrected chi connectivity index (χ2v) is 20.2. The molecule has 0 spiro atoms. The molecular weight excluding hydrogens is 781 g/mol. The SMILES string of the molecule is CC(C)C1C2CCC1(C)C1C(c3ccccc3)=c3cc(-c4ccc5c(C6=C7C=CC=CC7CC=C6)c6ccccc6c(-c6cccc7ccccc67)c5c4)ccc3=C(c3ccccc3)C21. The van der Waals surface area contributed by atoms with Crippen molar-refractivity contribution >= 4 is 49.0 Å². The van der Waals surface area contributed by atoms with Crippen molar-refractivity contribution in [2.45, 2.75) is 40.0 Å². The van der Waals surface area contributed by atoms with Crippen LogP contribution in [0, 0.1) is 40.9 Å². The maximum atomic E-state index is 2.67. The molecule has 6 atom stereocenters. The minimum Gasteiger partial charge on any atom is -0.0830 e. The Kier molecular flexibility index (Phi) is 8.86. The molecule has 65 heavy (non-hydrogen) atoms. The van der Waals surface area contributed by atoms with Crippen LogP contribution in [0.3, 0.4) is 0 Å². The molecule has 0 nitrogen and oxygen atoms in total. The van der Waals surface area contributed by atoms with E-state index in [0.29, 0.717) is 35.5 Å². The van der Waals surface area contributed by atoms with Gasteiger partial charge in [-0.05, 0) is 170 Å². The molecule has 0 amide bonds. The summed E-state index contributed by atoms with van der Waals surface area (Å²) >= 11 is 0. The Morgan fingerprint density at radius 2 is 1.20 bits per heavy atom. The molecule has 5 aliphatic carbocycles. The van der Waals surface area contributed by atoms with Crippen LogP contribution in [0.15, 0.2) is 206 Å². The van der Waals surface area contributed by atoms with Gasteiger partial charge in [0.25, 0.3) is 0 Å². The van der Waals surface area contributed by atoms with Crippen LogP contribution in [0.4, 0.5) is 0 Å². The molecule has 0 heterocycles. The largest absolute Gasteiger partial charge is 0.0830 e. The van der Waals surface area contributed by atoms with E-state index in [1.807, 2.05) is 0 Å². The van der Waals surface area contributed by atoms with Crippen molar-refractivity contribution in [3.05, 3.63) is 233 Å². The Hall–Kier alpha value is -6.76. The fraction of sp³-hybridized carbons (Fsp3) is 0.200. The first-order valence-corrected chi connectivity index (χ1v) is 24.2. The van der Waals surface area contributed by atoms with E-state index >= 15 is 0 Å². The van der Waals surface area contributed by atoms with Crippen LogP contribution < -0.4 is 10.4 Å². The second-order valence-electron chi connectivity index (χ2n) is 20.2. The van der Waals surface area contributed by atoms with Gasteiger partial charge < -0.3 is 0 Å². The Morgan fingerprint density at radius 3 is 1.98 bits per heavy atom. The van der Waals surface area contributed by atoms with E-state index in [-0.39, 0.29) is 5.41 Å². The van der Waals surface area contributed by atoms with Crippen LogP contribution in [-0.4, -0.2) is 0 Å². The van der Waals surface area contributed by atoms with Gasteiger partial charge in [-0.1, -0.05) is 209 Å². The minimum absolute atomic E-state index is 0.224. The average molecular weight is 835 g/mol. The fourth-order valence-electron chi connectivity index (χ4n) is 14.4. The topological polar surface area (TPSA) is 0 Å².